The number of benzene rings is 2. The molecular weight excluding hydrogens is 327 g/mol. The van der Waals surface area contributed by atoms with E-state index in [-0.39, 0.29) is 10.7 Å². The highest BCUT2D eigenvalue weighted by Gasteiger charge is 2.30. The van der Waals surface area contributed by atoms with Gasteiger partial charge >= 0.3 is 6.18 Å². The van der Waals surface area contributed by atoms with Crippen molar-refractivity contribution in [2.24, 2.45) is 0 Å². The molecule has 0 aliphatic rings. The molecule has 0 bridgehead atoms. The lowest BCUT2D eigenvalue weighted by atomic mass is 10.1. The van der Waals surface area contributed by atoms with Gasteiger partial charge in [0.25, 0.3) is 5.91 Å². The molecule has 23 heavy (non-hydrogen) atoms. The third-order valence-corrected chi connectivity index (χ3v) is 3.07. The van der Waals surface area contributed by atoms with E-state index >= 15 is 0 Å². The highest BCUT2D eigenvalue weighted by Crippen LogP contribution is 2.29. The maximum absolute atomic E-state index is 12.5. The Morgan fingerprint density at radius 1 is 1.00 bits per heavy atom. The van der Waals surface area contributed by atoms with Gasteiger partial charge in [-0.3, -0.25) is 10.1 Å². The predicted octanol–water partition coefficient (Wildman–Crippen LogP) is 3.41. The summed E-state index contributed by atoms with van der Waals surface area (Å²) in [6, 6.07) is 10.5. The number of nitrogens with two attached hydrogens (primary N) is 1. The molecule has 0 spiro atoms. The summed E-state index contributed by atoms with van der Waals surface area (Å²) in [5, 5.41) is 5.18. The van der Waals surface area contributed by atoms with Gasteiger partial charge in [0.05, 0.1) is 5.56 Å². The molecule has 0 radical (unpaired) electrons. The SMILES string of the molecule is Nc1ccc(NC(=S)NC(=O)c2ccc(C(F)(F)F)cc2)cc1. The summed E-state index contributed by atoms with van der Waals surface area (Å²) < 4.78 is 37.4. The lowest BCUT2D eigenvalue weighted by Crippen LogP contribution is -2.34. The fraction of sp³-hybridized carbons (Fsp3) is 0.0667. The van der Waals surface area contributed by atoms with Crippen LogP contribution in [0.15, 0.2) is 48.5 Å². The van der Waals surface area contributed by atoms with Crippen molar-refractivity contribution in [2.45, 2.75) is 6.18 Å². The first-order chi connectivity index (χ1) is 10.8. The number of carbonyl (C=O) groups is 1. The van der Waals surface area contributed by atoms with Crippen LogP contribution < -0.4 is 16.4 Å². The molecule has 1 amide bonds. The maximum atomic E-state index is 12.5. The summed E-state index contributed by atoms with van der Waals surface area (Å²) in [5.74, 6) is -0.605. The zero-order valence-electron chi connectivity index (χ0n) is 11.6. The van der Waals surface area contributed by atoms with Crippen molar-refractivity contribution < 1.29 is 18.0 Å². The van der Waals surface area contributed by atoms with Crippen molar-refractivity contribution in [2.75, 3.05) is 11.1 Å². The minimum absolute atomic E-state index is 0.0275. The zero-order valence-corrected chi connectivity index (χ0v) is 12.5. The van der Waals surface area contributed by atoms with Crippen molar-refractivity contribution in [1.29, 1.82) is 0 Å². The second-order valence-electron chi connectivity index (χ2n) is 4.61. The number of carbonyl (C=O) groups excluding carboxylic acids is 1. The van der Waals surface area contributed by atoms with Crippen molar-refractivity contribution in [1.82, 2.24) is 5.32 Å². The summed E-state index contributed by atoms with van der Waals surface area (Å²) in [5.41, 5.74) is 5.99. The average molecular weight is 339 g/mol. The molecule has 0 unspecified atom stereocenters. The number of anilines is 2. The first kappa shape index (κ1) is 16.8. The van der Waals surface area contributed by atoms with Crippen LogP contribution >= 0.6 is 12.2 Å². The standard InChI is InChI=1S/C15H12F3N3OS/c16-15(17,18)10-3-1-9(2-4-10)13(22)21-14(23)20-12-7-5-11(19)6-8-12/h1-8H,19H2,(H2,20,21,22,23). The van der Waals surface area contributed by atoms with Crippen LogP contribution in [0.2, 0.25) is 0 Å². The third-order valence-electron chi connectivity index (χ3n) is 2.87. The van der Waals surface area contributed by atoms with Gasteiger partial charge in [0.2, 0.25) is 0 Å². The third kappa shape index (κ3) is 4.68. The van der Waals surface area contributed by atoms with Crippen LogP contribution in [0.3, 0.4) is 0 Å². The molecule has 0 atom stereocenters. The molecule has 0 saturated carbocycles. The number of nitrogens with one attached hydrogen (secondary N) is 2. The van der Waals surface area contributed by atoms with Crippen LogP contribution in [0, 0.1) is 0 Å². The molecule has 2 aromatic rings. The number of hydrogen-bond donors (Lipinski definition) is 3. The van der Waals surface area contributed by atoms with Crippen molar-refractivity contribution in [3.05, 3.63) is 59.7 Å². The normalized spacial score (nSPS) is 10.9. The van der Waals surface area contributed by atoms with Crippen molar-refractivity contribution >= 4 is 34.6 Å². The maximum Gasteiger partial charge on any atom is 0.416 e. The number of alkyl halides is 3. The van der Waals surface area contributed by atoms with Crippen LogP contribution in [-0.4, -0.2) is 11.0 Å². The predicted molar refractivity (Wildman–Crippen MR) is 86.0 cm³/mol. The van der Waals surface area contributed by atoms with Crippen LogP contribution in [-0.2, 0) is 6.18 Å². The van der Waals surface area contributed by atoms with Gasteiger partial charge in [-0.05, 0) is 60.7 Å². The van der Waals surface area contributed by atoms with Crippen LogP contribution in [0.4, 0.5) is 24.5 Å². The van der Waals surface area contributed by atoms with E-state index in [2.05, 4.69) is 10.6 Å². The van der Waals surface area contributed by atoms with Gasteiger partial charge in [-0.25, -0.2) is 0 Å². The van der Waals surface area contributed by atoms with Gasteiger partial charge in [0, 0.05) is 16.9 Å². The van der Waals surface area contributed by atoms with E-state index in [1.165, 1.54) is 0 Å². The molecular formula is C15H12F3N3OS. The van der Waals surface area contributed by atoms with E-state index in [0.29, 0.717) is 11.4 Å². The summed E-state index contributed by atoms with van der Waals surface area (Å²) in [7, 11) is 0. The molecule has 0 heterocycles. The van der Waals surface area contributed by atoms with Gasteiger partial charge in [-0.15, -0.1) is 0 Å². The van der Waals surface area contributed by atoms with Crippen LogP contribution in [0.25, 0.3) is 0 Å². The molecule has 2 aromatic carbocycles. The molecule has 8 heteroatoms. The number of amides is 1. The zero-order chi connectivity index (χ0) is 17.0. The molecule has 4 nitrogen and oxygen atoms in total. The molecule has 0 aliphatic heterocycles. The molecule has 4 N–H and O–H groups in total. The Hall–Kier alpha value is -2.61. The fourth-order valence-electron chi connectivity index (χ4n) is 1.71. The second-order valence-corrected chi connectivity index (χ2v) is 5.01. The Bertz CT molecular complexity index is 712. The Morgan fingerprint density at radius 3 is 2.09 bits per heavy atom. The minimum atomic E-state index is -4.44. The monoisotopic (exact) mass is 339 g/mol. The van der Waals surface area contributed by atoms with E-state index in [9.17, 15) is 18.0 Å². The molecule has 0 fully saturated rings. The molecule has 0 aliphatic carbocycles. The summed E-state index contributed by atoms with van der Waals surface area (Å²) in [4.78, 5) is 11.9. The van der Waals surface area contributed by atoms with E-state index in [1.807, 2.05) is 0 Å². The van der Waals surface area contributed by atoms with Gasteiger partial charge in [0.15, 0.2) is 5.11 Å². The smallest absolute Gasteiger partial charge is 0.399 e. The van der Waals surface area contributed by atoms with E-state index < -0.39 is 17.6 Å². The minimum Gasteiger partial charge on any atom is -0.399 e. The van der Waals surface area contributed by atoms with Crippen molar-refractivity contribution in [3.63, 3.8) is 0 Å². The number of nitrogen functional groups attached to an aromatic ring is 1. The highest BCUT2D eigenvalue weighted by molar-refractivity contribution is 7.80. The van der Waals surface area contributed by atoms with E-state index in [0.717, 1.165) is 24.3 Å². The van der Waals surface area contributed by atoms with Gasteiger partial charge in [0.1, 0.15) is 0 Å². The highest BCUT2D eigenvalue weighted by atomic mass is 32.1. The molecule has 0 saturated heterocycles. The molecule has 0 aromatic heterocycles. The fourth-order valence-corrected chi connectivity index (χ4v) is 1.93. The average Bonchev–Trinajstić information content (AvgIpc) is 2.49. The number of hydrogen-bond acceptors (Lipinski definition) is 3. The Morgan fingerprint density at radius 2 is 1.57 bits per heavy atom. The Kier molecular flexibility index (Phi) is 4.85. The topological polar surface area (TPSA) is 67.2 Å². The number of rotatable bonds is 2. The molecule has 2 rings (SSSR count). The Balaban J connectivity index is 1.98. The Labute approximate surface area is 135 Å². The lowest BCUT2D eigenvalue weighted by Gasteiger charge is -2.10. The number of halogens is 3. The second kappa shape index (κ2) is 6.66. The first-order valence-electron chi connectivity index (χ1n) is 6.41. The van der Waals surface area contributed by atoms with E-state index in [4.69, 9.17) is 18.0 Å². The quantitative estimate of drug-likeness (QED) is 0.579. The van der Waals surface area contributed by atoms with E-state index in [1.54, 1.807) is 24.3 Å². The summed E-state index contributed by atoms with van der Waals surface area (Å²) >= 11 is 4.98. The first-order valence-corrected chi connectivity index (χ1v) is 6.81. The van der Waals surface area contributed by atoms with Crippen molar-refractivity contribution in [3.8, 4) is 0 Å². The van der Waals surface area contributed by atoms with Crippen LogP contribution in [0.5, 0.6) is 0 Å². The summed E-state index contributed by atoms with van der Waals surface area (Å²) in [6.45, 7) is 0. The summed E-state index contributed by atoms with van der Waals surface area (Å²) in [6.07, 6.45) is -4.44. The van der Waals surface area contributed by atoms with Gasteiger partial charge in [-0.1, -0.05) is 0 Å². The molecule has 120 valence electrons. The largest absolute Gasteiger partial charge is 0.416 e. The van der Waals surface area contributed by atoms with Crippen LogP contribution in [0.1, 0.15) is 15.9 Å². The van der Waals surface area contributed by atoms with Gasteiger partial charge in [-0.2, -0.15) is 13.2 Å². The lowest BCUT2D eigenvalue weighted by molar-refractivity contribution is -0.137. The van der Waals surface area contributed by atoms with Gasteiger partial charge < -0.3 is 11.1 Å². The number of thiocarbonyl (C=S) groups is 1.